The van der Waals surface area contributed by atoms with Crippen LogP contribution in [-0.2, 0) is 34.0 Å². The van der Waals surface area contributed by atoms with E-state index < -0.39 is 39.1 Å². The van der Waals surface area contributed by atoms with Gasteiger partial charge in [-0.25, -0.2) is 8.42 Å². The molecule has 1 aliphatic rings. The summed E-state index contributed by atoms with van der Waals surface area (Å²) in [5.41, 5.74) is -0.0323. The zero-order valence-corrected chi connectivity index (χ0v) is 17.0. The molecule has 0 saturated carbocycles. The molecule has 0 unspecified atom stereocenters. The van der Waals surface area contributed by atoms with E-state index >= 15 is 0 Å². The number of hydrogen-bond donors (Lipinski definition) is 0. The van der Waals surface area contributed by atoms with Crippen LogP contribution in [0.3, 0.4) is 0 Å². The monoisotopic (exact) mass is 444 g/mol. The lowest BCUT2D eigenvalue weighted by molar-refractivity contribution is -0.137. The Hall–Kier alpha value is -2.17. The van der Waals surface area contributed by atoms with Gasteiger partial charge in [0, 0.05) is 24.5 Å². The second kappa shape index (κ2) is 8.29. The van der Waals surface area contributed by atoms with E-state index in [1.165, 1.54) is 11.0 Å². The highest BCUT2D eigenvalue weighted by Gasteiger charge is 2.34. The topological polar surface area (TPSA) is 57.7 Å². The van der Waals surface area contributed by atoms with Crippen LogP contribution in [0, 0.1) is 0 Å². The molecule has 0 fully saturated rings. The Balaban J connectivity index is 1.82. The van der Waals surface area contributed by atoms with E-state index in [0.29, 0.717) is 25.6 Å². The summed E-state index contributed by atoms with van der Waals surface area (Å²) in [4.78, 5) is 15.0. The molecule has 2 heterocycles. The molecule has 2 aromatic rings. The van der Waals surface area contributed by atoms with Gasteiger partial charge in [0.15, 0.2) is 0 Å². The summed E-state index contributed by atoms with van der Waals surface area (Å²) in [7, 11) is -4.31. The first-order valence-electron chi connectivity index (χ1n) is 8.74. The molecule has 10 heteroatoms. The SMILES string of the molecule is C=CCN(CC(=O)N1CCc2sccc2C1)S(=O)(=O)c1cccc(C(F)(F)F)c1. The molecule has 0 radical (unpaired) electrons. The standard InChI is InChI=1S/C19H19F3N2O3S2/c1-2-8-24(13-18(25)23-9-6-17-14(12-23)7-10-28-17)29(26,27)16-5-3-4-15(11-16)19(20,21)22/h2-5,7,10-11H,1,6,8-9,12-13H2. The van der Waals surface area contributed by atoms with E-state index in [4.69, 9.17) is 0 Å². The predicted molar refractivity (Wildman–Crippen MR) is 104 cm³/mol. The van der Waals surface area contributed by atoms with Gasteiger partial charge in [0.05, 0.1) is 17.0 Å². The Labute approximate surface area is 171 Å². The Morgan fingerprint density at radius 1 is 1.31 bits per heavy atom. The van der Waals surface area contributed by atoms with Gasteiger partial charge in [-0.2, -0.15) is 17.5 Å². The van der Waals surface area contributed by atoms with Crippen molar-refractivity contribution in [1.82, 2.24) is 9.21 Å². The van der Waals surface area contributed by atoms with Crippen LogP contribution in [0.5, 0.6) is 0 Å². The third kappa shape index (κ3) is 4.71. The number of carbonyl (C=O) groups excluding carboxylic acids is 1. The van der Waals surface area contributed by atoms with E-state index in [1.54, 1.807) is 16.2 Å². The number of rotatable bonds is 6. The number of hydrogen-bond acceptors (Lipinski definition) is 4. The van der Waals surface area contributed by atoms with Crippen LogP contribution in [0.25, 0.3) is 0 Å². The van der Waals surface area contributed by atoms with Crippen molar-refractivity contribution in [2.45, 2.75) is 24.0 Å². The average molecular weight is 445 g/mol. The Kier molecular flexibility index (Phi) is 6.16. The van der Waals surface area contributed by atoms with Crippen LogP contribution >= 0.6 is 11.3 Å². The second-order valence-electron chi connectivity index (χ2n) is 6.55. The first-order chi connectivity index (χ1) is 13.6. The molecule has 0 bridgehead atoms. The highest BCUT2D eigenvalue weighted by atomic mass is 32.2. The number of carbonyl (C=O) groups is 1. The van der Waals surface area contributed by atoms with Gasteiger partial charge >= 0.3 is 6.18 Å². The van der Waals surface area contributed by atoms with Crippen LogP contribution in [0.4, 0.5) is 13.2 Å². The first kappa shape index (κ1) is 21.5. The molecule has 5 nitrogen and oxygen atoms in total. The molecule has 29 heavy (non-hydrogen) atoms. The highest BCUT2D eigenvalue weighted by molar-refractivity contribution is 7.89. The molecule has 0 N–H and O–H groups in total. The van der Waals surface area contributed by atoms with Gasteiger partial charge in [0.1, 0.15) is 0 Å². The lowest BCUT2D eigenvalue weighted by Gasteiger charge is -2.29. The van der Waals surface area contributed by atoms with Gasteiger partial charge in [0.2, 0.25) is 15.9 Å². The quantitative estimate of drug-likeness (QED) is 0.641. The van der Waals surface area contributed by atoms with E-state index in [9.17, 15) is 26.4 Å². The Morgan fingerprint density at radius 3 is 2.76 bits per heavy atom. The zero-order valence-electron chi connectivity index (χ0n) is 15.4. The lowest BCUT2D eigenvalue weighted by atomic mass is 10.1. The highest BCUT2D eigenvalue weighted by Crippen LogP contribution is 2.31. The second-order valence-corrected chi connectivity index (χ2v) is 9.48. The van der Waals surface area contributed by atoms with Gasteiger partial charge in [-0.1, -0.05) is 12.1 Å². The van der Waals surface area contributed by atoms with Crippen LogP contribution < -0.4 is 0 Å². The van der Waals surface area contributed by atoms with Crippen molar-refractivity contribution < 1.29 is 26.4 Å². The largest absolute Gasteiger partial charge is 0.416 e. The van der Waals surface area contributed by atoms with Crippen LogP contribution in [0.1, 0.15) is 16.0 Å². The molecular weight excluding hydrogens is 425 g/mol. The fourth-order valence-corrected chi connectivity index (χ4v) is 5.38. The fourth-order valence-electron chi connectivity index (χ4n) is 3.09. The van der Waals surface area contributed by atoms with Crippen molar-refractivity contribution in [3.63, 3.8) is 0 Å². The van der Waals surface area contributed by atoms with Crippen LogP contribution in [0.15, 0.2) is 53.3 Å². The number of amides is 1. The molecule has 3 rings (SSSR count). The van der Waals surface area contributed by atoms with E-state index in [2.05, 4.69) is 6.58 Å². The van der Waals surface area contributed by atoms with Gasteiger partial charge in [-0.3, -0.25) is 4.79 Å². The summed E-state index contributed by atoms with van der Waals surface area (Å²) in [5, 5.41) is 1.95. The maximum absolute atomic E-state index is 13.0. The minimum absolute atomic E-state index is 0.193. The van der Waals surface area contributed by atoms with E-state index in [-0.39, 0.29) is 6.54 Å². The summed E-state index contributed by atoms with van der Waals surface area (Å²) in [5.74, 6) is -0.403. The predicted octanol–water partition coefficient (Wildman–Crippen LogP) is 3.53. The van der Waals surface area contributed by atoms with E-state index in [1.807, 2.05) is 11.4 Å². The minimum Gasteiger partial charge on any atom is -0.337 e. The van der Waals surface area contributed by atoms with Gasteiger partial charge in [0.25, 0.3) is 0 Å². The minimum atomic E-state index is -4.67. The number of fused-ring (bicyclic) bond motifs is 1. The van der Waals surface area contributed by atoms with Crippen molar-refractivity contribution in [2.24, 2.45) is 0 Å². The third-order valence-electron chi connectivity index (χ3n) is 4.60. The number of sulfonamides is 1. The Bertz CT molecular complexity index is 1020. The first-order valence-corrected chi connectivity index (χ1v) is 11.1. The maximum atomic E-state index is 13.0. The molecular formula is C19H19F3N2O3S2. The number of alkyl halides is 3. The average Bonchev–Trinajstić information content (AvgIpc) is 3.14. The van der Waals surface area contributed by atoms with Gasteiger partial charge in [-0.15, -0.1) is 17.9 Å². The molecule has 1 amide bonds. The number of nitrogens with zero attached hydrogens (tertiary/aromatic N) is 2. The number of thiophene rings is 1. The number of benzene rings is 1. The maximum Gasteiger partial charge on any atom is 0.416 e. The van der Waals surface area contributed by atoms with Crippen molar-refractivity contribution in [2.75, 3.05) is 19.6 Å². The smallest absolute Gasteiger partial charge is 0.337 e. The summed E-state index contributed by atoms with van der Waals surface area (Å²) >= 11 is 1.62. The van der Waals surface area contributed by atoms with Crippen molar-refractivity contribution in [3.05, 3.63) is 64.4 Å². The van der Waals surface area contributed by atoms with Crippen LogP contribution in [-0.4, -0.2) is 43.2 Å². The van der Waals surface area contributed by atoms with Gasteiger partial charge < -0.3 is 4.90 Å². The molecule has 0 spiro atoms. The zero-order chi connectivity index (χ0) is 21.2. The van der Waals surface area contributed by atoms with Crippen molar-refractivity contribution in [3.8, 4) is 0 Å². The van der Waals surface area contributed by atoms with Gasteiger partial charge in [-0.05, 0) is 41.6 Å². The molecule has 1 aliphatic heterocycles. The molecule has 156 valence electrons. The molecule has 0 saturated heterocycles. The normalized spacial score (nSPS) is 14.7. The van der Waals surface area contributed by atoms with Crippen molar-refractivity contribution in [1.29, 1.82) is 0 Å². The lowest BCUT2D eigenvalue weighted by Crippen LogP contribution is -2.44. The summed E-state index contributed by atoms with van der Waals surface area (Å²) in [6.45, 7) is 3.70. The van der Waals surface area contributed by atoms with Crippen LogP contribution in [0.2, 0.25) is 0 Å². The fraction of sp³-hybridized carbons (Fsp3) is 0.316. The van der Waals surface area contributed by atoms with E-state index in [0.717, 1.165) is 28.1 Å². The number of halogens is 3. The molecule has 0 atom stereocenters. The summed E-state index contributed by atoms with van der Waals surface area (Å²) in [6.07, 6.45) is -2.68. The van der Waals surface area contributed by atoms with Crippen molar-refractivity contribution >= 4 is 27.3 Å². The Morgan fingerprint density at radius 2 is 2.07 bits per heavy atom. The third-order valence-corrected chi connectivity index (χ3v) is 7.43. The summed E-state index contributed by atoms with van der Waals surface area (Å²) in [6, 6.07) is 5.43. The summed E-state index contributed by atoms with van der Waals surface area (Å²) < 4.78 is 65.6. The molecule has 1 aromatic carbocycles. The molecule has 0 aliphatic carbocycles. The molecule has 1 aromatic heterocycles.